The zero-order valence-electron chi connectivity index (χ0n) is 17.0. The summed E-state index contributed by atoms with van der Waals surface area (Å²) in [6.07, 6.45) is 4.00. The molecule has 0 spiro atoms. The molecule has 32 heavy (non-hydrogen) atoms. The molecule has 0 aliphatic rings. The van der Waals surface area contributed by atoms with E-state index in [0.29, 0.717) is 11.0 Å². The number of aromatic nitrogens is 6. The van der Waals surface area contributed by atoms with Gasteiger partial charge in [0.1, 0.15) is 5.52 Å². The number of nitrogens with zero attached hydrogens (tertiary/aromatic N) is 5. The van der Waals surface area contributed by atoms with Crippen LogP contribution in [0.15, 0.2) is 78.0 Å². The lowest BCUT2D eigenvalue weighted by Gasteiger charge is -2.14. The summed E-state index contributed by atoms with van der Waals surface area (Å²) >= 11 is 0. The Morgan fingerprint density at radius 1 is 1.00 bits per heavy atom. The molecule has 0 aliphatic carbocycles. The number of hydrogen-bond acceptors (Lipinski definition) is 5. The van der Waals surface area contributed by atoms with Crippen LogP contribution in [0.3, 0.4) is 0 Å². The quantitative estimate of drug-likeness (QED) is 0.445. The lowest BCUT2D eigenvalue weighted by molar-refractivity contribution is 0.0697. The molecule has 0 fully saturated rings. The molecule has 0 saturated carbocycles. The summed E-state index contributed by atoms with van der Waals surface area (Å²) in [4.78, 5) is 31.0. The van der Waals surface area contributed by atoms with Crippen molar-refractivity contribution in [2.75, 3.05) is 0 Å². The number of nitrogens with one attached hydrogen (secondary N) is 1. The summed E-state index contributed by atoms with van der Waals surface area (Å²) in [6.45, 7) is 1.96. The largest absolute Gasteiger partial charge is 0.478 e. The molecule has 0 saturated heterocycles. The van der Waals surface area contributed by atoms with Crippen molar-refractivity contribution in [2.45, 2.75) is 13.0 Å². The van der Waals surface area contributed by atoms with Gasteiger partial charge in [0.2, 0.25) is 5.95 Å². The third-order valence-corrected chi connectivity index (χ3v) is 5.36. The van der Waals surface area contributed by atoms with E-state index in [2.05, 4.69) is 32.3 Å². The summed E-state index contributed by atoms with van der Waals surface area (Å²) in [5.41, 5.74) is 3.57. The normalized spacial score (nSPS) is 12.2. The lowest BCUT2D eigenvalue weighted by Crippen LogP contribution is -2.18. The smallest absolute Gasteiger partial charge is 0.338 e. The predicted octanol–water partition coefficient (Wildman–Crippen LogP) is 3.28. The van der Waals surface area contributed by atoms with E-state index in [0.717, 1.165) is 16.7 Å². The number of carboxylic acid groups (broad SMARTS) is 1. The number of fused-ring (bicyclic) bond motifs is 1. The van der Waals surface area contributed by atoms with Crippen LogP contribution in [0.4, 0.5) is 0 Å². The minimum absolute atomic E-state index is 0.00369. The standard InChI is InChI=1S/C23H18N6O3/c1-14(15-7-9-17(10-8-15)16-5-3-2-4-6-16)29-20-19(12-25-29)26-23(27-21(20)30)28-13-18(11-24-28)22(31)32/h2-14H,1H3,(H,31,32)(H,26,27,30). The molecule has 9 nitrogen and oxygen atoms in total. The van der Waals surface area contributed by atoms with Gasteiger partial charge >= 0.3 is 5.97 Å². The van der Waals surface area contributed by atoms with Gasteiger partial charge in [-0.15, -0.1) is 0 Å². The van der Waals surface area contributed by atoms with E-state index in [9.17, 15) is 9.59 Å². The second kappa shape index (κ2) is 7.62. The highest BCUT2D eigenvalue weighted by molar-refractivity contribution is 5.87. The molecular weight excluding hydrogens is 408 g/mol. The van der Waals surface area contributed by atoms with Crippen molar-refractivity contribution in [2.24, 2.45) is 0 Å². The molecule has 9 heteroatoms. The van der Waals surface area contributed by atoms with Gasteiger partial charge in [0.15, 0.2) is 5.52 Å². The molecule has 3 aromatic heterocycles. The highest BCUT2D eigenvalue weighted by Crippen LogP contribution is 2.25. The van der Waals surface area contributed by atoms with Gasteiger partial charge in [-0.25, -0.2) is 14.5 Å². The molecule has 2 aromatic carbocycles. The Labute approximate surface area is 181 Å². The van der Waals surface area contributed by atoms with E-state index in [-0.39, 0.29) is 23.1 Å². The molecule has 5 rings (SSSR count). The van der Waals surface area contributed by atoms with E-state index < -0.39 is 5.97 Å². The minimum Gasteiger partial charge on any atom is -0.478 e. The van der Waals surface area contributed by atoms with E-state index in [4.69, 9.17) is 5.11 Å². The fourth-order valence-corrected chi connectivity index (χ4v) is 3.64. The second-order valence-electron chi connectivity index (χ2n) is 7.36. The third-order valence-electron chi connectivity index (χ3n) is 5.36. The number of aromatic amines is 1. The fraction of sp³-hybridized carbons (Fsp3) is 0.0870. The highest BCUT2D eigenvalue weighted by atomic mass is 16.4. The predicted molar refractivity (Wildman–Crippen MR) is 118 cm³/mol. The first-order valence-corrected chi connectivity index (χ1v) is 9.92. The average Bonchev–Trinajstić information content (AvgIpc) is 3.47. The molecule has 158 valence electrons. The number of carbonyl (C=O) groups is 1. The third kappa shape index (κ3) is 3.35. The molecule has 2 N–H and O–H groups in total. The topological polar surface area (TPSA) is 119 Å². The molecular formula is C23H18N6O3. The molecule has 0 radical (unpaired) electrons. The summed E-state index contributed by atoms with van der Waals surface area (Å²) in [5, 5.41) is 17.4. The number of carboxylic acids is 1. The van der Waals surface area contributed by atoms with Crippen LogP contribution in [0.1, 0.15) is 28.9 Å². The van der Waals surface area contributed by atoms with Gasteiger partial charge in [-0.2, -0.15) is 10.2 Å². The Balaban J connectivity index is 1.49. The maximum absolute atomic E-state index is 12.9. The Morgan fingerprint density at radius 2 is 1.72 bits per heavy atom. The van der Waals surface area contributed by atoms with Crippen LogP contribution in [0, 0.1) is 0 Å². The van der Waals surface area contributed by atoms with E-state index in [1.54, 1.807) is 4.68 Å². The molecule has 0 amide bonds. The maximum atomic E-state index is 12.9. The van der Waals surface area contributed by atoms with Gasteiger partial charge < -0.3 is 5.11 Å². The van der Waals surface area contributed by atoms with Crippen molar-refractivity contribution in [3.05, 3.63) is 94.7 Å². The first kappa shape index (κ1) is 19.4. The number of rotatable bonds is 5. The summed E-state index contributed by atoms with van der Waals surface area (Å²) in [7, 11) is 0. The van der Waals surface area contributed by atoms with Gasteiger partial charge in [-0.05, 0) is 23.6 Å². The Hall–Kier alpha value is -4.53. The van der Waals surface area contributed by atoms with Crippen LogP contribution in [-0.4, -0.2) is 40.6 Å². The van der Waals surface area contributed by atoms with Crippen molar-refractivity contribution in [3.63, 3.8) is 0 Å². The van der Waals surface area contributed by atoms with Crippen LogP contribution < -0.4 is 5.56 Å². The molecule has 3 heterocycles. The van der Waals surface area contributed by atoms with Crippen molar-refractivity contribution in [3.8, 4) is 17.1 Å². The fourth-order valence-electron chi connectivity index (χ4n) is 3.64. The van der Waals surface area contributed by atoms with E-state index >= 15 is 0 Å². The molecule has 5 aromatic rings. The zero-order valence-corrected chi connectivity index (χ0v) is 17.0. The molecule has 0 aliphatic heterocycles. The monoisotopic (exact) mass is 426 g/mol. The summed E-state index contributed by atoms with van der Waals surface area (Å²) in [5.74, 6) is -0.992. The van der Waals surface area contributed by atoms with Crippen LogP contribution in [0.2, 0.25) is 0 Å². The highest BCUT2D eigenvalue weighted by Gasteiger charge is 2.18. The summed E-state index contributed by atoms with van der Waals surface area (Å²) in [6, 6.07) is 18.0. The van der Waals surface area contributed by atoms with Gasteiger partial charge in [0.25, 0.3) is 5.56 Å². The number of aromatic carboxylic acids is 1. The number of hydrogen-bond donors (Lipinski definition) is 2. The molecule has 0 bridgehead atoms. The van der Waals surface area contributed by atoms with Crippen LogP contribution in [0.5, 0.6) is 0 Å². The lowest BCUT2D eigenvalue weighted by atomic mass is 10.0. The molecule has 1 atom stereocenters. The van der Waals surface area contributed by atoms with E-state index in [1.807, 2.05) is 49.4 Å². The van der Waals surface area contributed by atoms with E-state index in [1.165, 1.54) is 23.3 Å². The van der Waals surface area contributed by atoms with Crippen LogP contribution >= 0.6 is 0 Å². The van der Waals surface area contributed by atoms with Crippen LogP contribution in [-0.2, 0) is 0 Å². The zero-order chi connectivity index (χ0) is 22.2. The van der Waals surface area contributed by atoms with Gasteiger partial charge in [-0.1, -0.05) is 54.6 Å². The Bertz CT molecular complexity index is 1480. The Kier molecular flexibility index (Phi) is 4.63. The molecule has 1 unspecified atom stereocenters. The van der Waals surface area contributed by atoms with Crippen molar-refractivity contribution in [1.82, 2.24) is 29.5 Å². The van der Waals surface area contributed by atoms with Crippen LogP contribution in [0.25, 0.3) is 28.1 Å². The second-order valence-corrected chi connectivity index (χ2v) is 7.36. The van der Waals surface area contributed by atoms with Gasteiger partial charge in [0, 0.05) is 6.20 Å². The van der Waals surface area contributed by atoms with Gasteiger partial charge in [-0.3, -0.25) is 14.5 Å². The number of H-pyrrole nitrogens is 1. The first-order chi connectivity index (χ1) is 15.5. The maximum Gasteiger partial charge on any atom is 0.338 e. The van der Waals surface area contributed by atoms with Crippen molar-refractivity contribution < 1.29 is 9.90 Å². The first-order valence-electron chi connectivity index (χ1n) is 9.92. The SMILES string of the molecule is CC(c1ccc(-c2ccccc2)cc1)n1ncc2nc(-n3cc(C(=O)O)cn3)[nH]c(=O)c21. The van der Waals surface area contributed by atoms with Gasteiger partial charge in [0.05, 0.1) is 24.0 Å². The van der Waals surface area contributed by atoms with Crippen molar-refractivity contribution in [1.29, 1.82) is 0 Å². The Morgan fingerprint density at radius 3 is 2.41 bits per heavy atom. The minimum atomic E-state index is -1.11. The average molecular weight is 426 g/mol. The van der Waals surface area contributed by atoms with Crippen molar-refractivity contribution >= 4 is 17.0 Å². The summed E-state index contributed by atoms with van der Waals surface area (Å²) < 4.78 is 2.85. The number of benzene rings is 2.